The summed E-state index contributed by atoms with van der Waals surface area (Å²) in [4.78, 5) is 29.6. The van der Waals surface area contributed by atoms with Gasteiger partial charge in [-0.3, -0.25) is 9.78 Å². The molecule has 1 unspecified atom stereocenters. The molecule has 2 aromatic heterocycles. The second kappa shape index (κ2) is 6.50. The Kier molecular flexibility index (Phi) is 4.43. The summed E-state index contributed by atoms with van der Waals surface area (Å²) in [6, 6.07) is 3.28. The van der Waals surface area contributed by atoms with E-state index in [1.54, 1.807) is 24.5 Å². The smallest absolute Gasteiger partial charge is 0.341 e. The molecule has 0 fully saturated rings. The van der Waals surface area contributed by atoms with Crippen LogP contribution in [0.4, 0.5) is 5.00 Å². The number of hydrogen-bond donors (Lipinski definition) is 1. The van der Waals surface area contributed by atoms with E-state index < -0.39 is 0 Å². The Hall–Kier alpha value is -2.21. The molecule has 1 aliphatic rings. The normalized spacial score (nSPS) is 16.5. The Bertz CT molecular complexity index is 740. The van der Waals surface area contributed by atoms with E-state index in [0.29, 0.717) is 22.0 Å². The zero-order chi connectivity index (χ0) is 16.4. The molecule has 0 bridgehead atoms. The van der Waals surface area contributed by atoms with Crippen LogP contribution in [0.2, 0.25) is 0 Å². The molecule has 0 spiro atoms. The molecule has 23 heavy (non-hydrogen) atoms. The predicted molar refractivity (Wildman–Crippen MR) is 89.0 cm³/mol. The number of thiophene rings is 1. The van der Waals surface area contributed by atoms with Crippen LogP contribution in [0.1, 0.15) is 44.5 Å². The van der Waals surface area contributed by atoms with Crippen molar-refractivity contribution < 1.29 is 14.3 Å². The van der Waals surface area contributed by atoms with Gasteiger partial charge >= 0.3 is 5.97 Å². The topological polar surface area (TPSA) is 68.3 Å². The molecule has 0 radical (unpaired) electrons. The molecule has 1 N–H and O–H groups in total. The zero-order valence-electron chi connectivity index (χ0n) is 13.1. The summed E-state index contributed by atoms with van der Waals surface area (Å²) in [5.41, 5.74) is 2.06. The molecule has 1 atom stereocenters. The Labute approximate surface area is 138 Å². The average molecular weight is 330 g/mol. The van der Waals surface area contributed by atoms with Gasteiger partial charge < -0.3 is 10.1 Å². The fourth-order valence-corrected chi connectivity index (χ4v) is 4.23. The molecule has 2 aromatic rings. The number of fused-ring (bicyclic) bond motifs is 1. The Morgan fingerprint density at radius 3 is 2.78 bits per heavy atom. The lowest BCUT2D eigenvalue weighted by Crippen LogP contribution is -2.16. The predicted octanol–water partition coefficient (Wildman–Crippen LogP) is 3.31. The fourth-order valence-electron chi connectivity index (χ4n) is 2.84. The molecule has 0 saturated carbocycles. The summed E-state index contributed by atoms with van der Waals surface area (Å²) in [5, 5.41) is 3.45. The Morgan fingerprint density at radius 2 is 2.09 bits per heavy atom. The first-order chi connectivity index (χ1) is 11.1. The molecular formula is C17H18N2O3S. The number of anilines is 1. The number of esters is 1. The van der Waals surface area contributed by atoms with Crippen LogP contribution in [0.5, 0.6) is 0 Å². The highest BCUT2D eigenvalue weighted by atomic mass is 32.1. The number of methoxy groups -OCH3 is 1. The van der Waals surface area contributed by atoms with Gasteiger partial charge in [0, 0.05) is 22.8 Å². The van der Waals surface area contributed by atoms with Crippen molar-refractivity contribution in [2.24, 2.45) is 5.92 Å². The number of pyridine rings is 1. The first kappa shape index (κ1) is 15.7. The van der Waals surface area contributed by atoms with Crippen LogP contribution in [0.25, 0.3) is 0 Å². The number of carbonyl (C=O) groups excluding carboxylic acids is 2. The van der Waals surface area contributed by atoms with Crippen molar-refractivity contribution in [3.63, 3.8) is 0 Å². The second-order valence-corrected chi connectivity index (χ2v) is 6.84. The van der Waals surface area contributed by atoms with Crippen molar-refractivity contribution in [3.8, 4) is 0 Å². The number of hydrogen-bond acceptors (Lipinski definition) is 5. The fraction of sp³-hybridized carbons (Fsp3) is 0.353. The summed E-state index contributed by atoms with van der Waals surface area (Å²) in [7, 11) is 1.37. The SMILES string of the molecule is COC(=O)c1c(NC(=O)c2ccncc2)sc2c1CCC(C)C2. The van der Waals surface area contributed by atoms with Crippen LogP contribution in [0.3, 0.4) is 0 Å². The summed E-state index contributed by atoms with van der Waals surface area (Å²) in [6.45, 7) is 2.20. The van der Waals surface area contributed by atoms with E-state index in [9.17, 15) is 9.59 Å². The quantitative estimate of drug-likeness (QED) is 0.877. The molecular weight excluding hydrogens is 312 g/mol. The molecule has 0 aliphatic heterocycles. The second-order valence-electron chi connectivity index (χ2n) is 5.74. The van der Waals surface area contributed by atoms with E-state index >= 15 is 0 Å². The van der Waals surface area contributed by atoms with Gasteiger partial charge in [-0.25, -0.2) is 4.79 Å². The highest BCUT2D eigenvalue weighted by molar-refractivity contribution is 7.17. The third-order valence-corrected chi connectivity index (χ3v) is 5.24. The average Bonchev–Trinajstić information content (AvgIpc) is 2.91. The molecule has 0 aromatic carbocycles. The van der Waals surface area contributed by atoms with Gasteiger partial charge in [-0.1, -0.05) is 6.92 Å². The number of rotatable bonds is 3. The van der Waals surface area contributed by atoms with Gasteiger partial charge in [0.2, 0.25) is 0 Å². The monoisotopic (exact) mass is 330 g/mol. The van der Waals surface area contributed by atoms with Gasteiger partial charge in [0.05, 0.1) is 12.7 Å². The molecule has 3 rings (SSSR count). The number of nitrogens with one attached hydrogen (secondary N) is 1. The van der Waals surface area contributed by atoms with Crippen LogP contribution in [-0.4, -0.2) is 24.0 Å². The van der Waals surface area contributed by atoms with Crippen LogP contribution < -0.4 is 5.32 Å². The van der Waals surface area contributed by atoms with E-state index in [0.717, 1.165) is 24.8 Å². The lowest BCUT2D eigenvalue weighted by Gasteiger charge is -2.18. The molecule has 6 heteroatoms. The van der Waals surface area contributed by atoms with E-state index in [1.165, 1.54) is 23.3 Å². The minimum Gasteiger partial charge on any atom is -0.465 e. The number of carbonyl (C=O) groups is 2. The Balaban J connectivity index is 1.95. The van der Waals surface area contributed by atoms with Crippen LogP contribution in [0.15, 0.2) is 24.5 Å². The van der Waals surface area contributed by atoms with Gasteiger partial charge in [-0.15, -0.1) is 11.3 Å². The van der Waals surface area contributed by atoms with Gasteiger partial charge in [-0.05, 0) is 42.9 Å². The summed E-state index contributed by atoms with van der Waals surface area (Å²) in [6.07, 6.45) is 5.97. The molecule has 0 saturated heterocycles. The van der Waals surface area contributed by atoms with E-state index in [-0.39, 0.29) is 11.9 Å². The van der Waals surface area contributed by atoms with Crippen LogP contribution >= 0.6 is 11.3 Å². The van der Waals surface area contributed by atoms with Crippen LogP contribution in [0, 0.1) is 5.92 Å². The van der Waals surface area contributed by atoms with Crippen molar-refractivity contribution in [1.29, 1.82) is 0 Å². The lowest BCUT2D eigenvalue weighted by atomic mass is 9.88. The molecule has 120 valence electrons. The molecule has 1 aliphatic carbocycles. The third kappa shape index (κ3) is 3.12. The van der Waals surface area contributed by atoms with Crippen molar-refractivity contribution in [2.75, 3.05) is 12.4 Å². The first-order valence-corrected chi connectivity index (χ1v) is 8.36. The number of ether oxygens (including phenoxy) is 1. The third-order valence-electron chi connectivity index (χ3n) is 4.07. The number of nitrogens with zero attached hydrogens (tertiary/aromatic N) is 1. The van der Waals surface area contributed by atoms with Gasteiger partial charge in [-0.2, -0.15) is 0 Å². The van der Waals surface area contributed by atoms with E-state index in [4.69, 9.17) is 4.74 Å². The maximum Gasteiger partial charge on any atom is 0.341 e. The van der Waals surface area contributed by atoms with Gasteiger partial charge in [0.15, 0.2) is 0 Å². The minimum absolute atomic E-state index is 0.246. The van der Waals surface area contributed by atoms with Crippen molar-refractivity contribution in [2.45, 2.75) is 26.2 Å². The highest BCUT2D eigenvalue weighted by Crippen LogP contribution is 2.40. The van der Waals surface area contributed by atoms with Gasteiger partial charge in [0.1, 0.15) is 5.00 Å². The summed E-state index contributed by atoms with van der Waals surface area (Å²) < 4.78 is 4.92. The van der Waals surface area contributed by atoms with Gasteiger partial charge in [0.25, 0.3) is 5.91 Å². The van der Waals surface area contributed by atoms with Crippen molar-refractivity contribution >= 4 is 28.2 Å². The van der Waals surface area contributed by atoms with E-state index in [1.807, 2.05) is 0 Å². The maximum absolute atomic E-state index is 12.4. The maximum atomic E-state index is 12.4. The number of aromatic nitrogens is 1. The minimum atomic E-state index is -0.387. The van der Waals surface area contributed by atoms with Crippen molar-refractivity contribution in [3.05, 3.63) is 46.1 Å². The summed E-state index contributed by atoms with van der Waals surface area (Å²) in [5.74, 6) is -0.0401. The number of amides is 1. The molecule has 2 heterocycles. The summed E-state index contributed by atoms with van der Waals surface area (Å²) >= 11 is 1.48. The Morgan fingerprint density at radius 1 is 1.35 bits per heavy atom. The largest absolute Gasteiger partial charge is 0.465 e. The zero-order valence-corrected chi connectivity index (χ0v) is 13.9. The van der Waals surface area contributed by atoms with E-state index in [2.05, 4.69) is 17.2 Å². The first-order valence-electron chi connectivity index (χ1n) is 7.54. The molecule has 5 nitrogen and oxygen atoms in total. The van der Waals surface area contributed by atoms with Crippen LogP contribution in [-0.2, 0) is 17.6 Å². The standard InChI is InChI=1S/C17H18N2O3S/c1-10-3-4-12-13(9-10)23-16(14(12)17(21)22-2)19-15(20)11-5-7-18-8-6-11/h5-8,10H,3-4,9H2,1-2H3,(H,19,20). The molecule has 1 amide bonds. The van der Waals surface area contributed by atoms with Crippen molar-refractivity contribution in [1.82, 2.24) is 4.98 Å². The highest BCUT2D eigenvalue weighted by Gasteiger charge is 2.28. The lowest BCUT2D eigenvalue weighted by molar-refractivity contribution is 0.0601.